The molecule has 30 heavy (non-hydrogen) atoms. The summed E-state index contributed by atoms with van der Waals surface area (Å²) in [6.07, 6.45) is 0. The monoisotopic (exact) mass is 446 g/mol. The van der Waals surface area contributed by atoms with Crippen LogP contribution in [0.4, 0.5) is 11.4 Å². The van der Waals surface area contributed by atoms with Crippen LogP contribution < -0.4 is 10.6 Å². The third-order valence-electron chi connectivity index (χ3n) is 4.53. The fourth-order valence-corrected chi connectivity index (χ4v) is 3.65. The lowest BCUT2D eigenvalue weighted by atomic mass is 10.0. The maximum atomic E-state index is 12.7. The molecule has 4 rings (SSSR count). The minimum atomic E-state index is -0.734. The van der Waals surface area contributed by atoms with Gasteiger partial charge in [-0.15, -0.1) is 0 Å². The van der Waals surface area contributed by atoms with Crippen molar-refractivity contribution in [1.82, 2.24) is 10.6 Å². The van der Waals surface area contributed by atoms with Crippen molar-refractivity contribution in [2.75, 3.05) is 0 Å². The van der Waals surface area contributed by atoms with Gasteiger partial charge in [0.05, 0.1) is 43.5 Å². The second kappa shape index (κ2) is 6.94. The molecule has 2 aromatic carbocycles. The quantitative estimate of drug-likeness (QED) is 0.544. The Balaban J connectivity index is 1.98. The molecule has 0 radical (unpaired) electrons. The van der Waals surface area contributed by atoms with E-state index in [0.717, 1.165) is 12.1 Å². The Morgan fingerprint density at radius 1 is 0.700 bits per heavy atom. The molecule has 0 saturated heterocycles. The van der Waals surface area contributed by atoms with E-state index in [0.29, 0.717) is 0 Å². The molecular formula is C18H8Cl2N4O6. The van der Waals surface area contributed by atoms with E-state index in [2.05, 4.69) is 10.6 Å². The SMILES string of the molecule is O=C1NC(c2ccc(Cl)cc2[N+](=O)[O-])=C2C(=O)NC(c3ccc(Cl)cc3[N+](=O)[O-])=C12. The van der Waals surface area contributed by atoms with Gasteiger partial charge in [-0.05, 0) is 24.3 Å². The van der Waals surface area contributed by atoms with Gasteiger partial charge >= 0.3 is 0 Å². The van der Waals surface area contributed by atoms with Gasteiger partial charge in [-0.1, -0.05) is 23.2 Å². The largest absolute Gasteiger partial charge is 0.320 e. The lowest BCUT2D eigenvalue weighted by Gasteiger charge is -2.08. The van der Waals surface area contributed by atoms with Gasteiger partial charge in [-0.3, -0.25) is 29.8 Å². The number of rotatable bonds is 4. The first-order valence-electron chi connectivity index (χ1n) is 8.19. The van der Waals surface area contributed by atoms with Crippen LogP contribution in [-0.2, 0) is 9.59 Å². The highest BCUT2D eigenvalue weighted by Gasteiger charge is 2.43. The smallest absolute Gasteiger partial charge is 0.280 e. The maximum Gasteiger partial charge on any atom is 0.280 e. The van der Waals surface area contributed by atoms with Crippen molar-refractivity contribution in [1.29, 1.82) is 0 Å². The molecule has 12 heteroatoms. The van der Waals surface area contributed by atoms with E-state index in [4.69, 9.17) is 23.2 Å². The number of carbonyl (C=O) groups is 2. The zero-order chi connectivity index (χ0) is 21.7. The van der Waals surface area contributed by atoms with E-state index < -0.39 is 33.0 Å². The van der Waals surface area contributed by atoms with Crippen LogP contribution in [0.2, 0.25) is 10.0 Å². The van der Waals surface area contributed by atoms with Crippen LogP contribution in [-0.4, -0.2) is 21.7 Å². The molecule has 2 aliphatic heterocycles. The molecule has 150 valence electrons. The van der Waals surface area contributed by atoms with Crippen LogP contribution in [0, 0.1) is 20.2 Å². The van der Waals surface area contributed by atoms with Gasteiger partial charge in [-0.25, -0.2) is 0 Å². The second-order valence-electron chi connectivity index (χ2n) is 6.25. The van der Waals surface area contributed by atoms with Crippen molar-refractivity contribution in [3.63, 3.8) is 0 Å². The van der Waals surface area contributed by atoms with Crippen LogP contribution in [0.15, 0.2) is 47.5 Å². The number of nitrogens with one attached hydrogen (secondary N) is 2. The van der Waals surface area contributed by atoms with E-state index in [-0.39, 0.29) is 43.7 Å². The number of nitro benzene ring substituents is 2. The number of hydrogen-bond acceptors (Lipinski definition) is 6. The molecular weight excluding hydrogens is 439 g/mol. The Kier molecular flexibility index (Phi) is 4.52. The number of benzene rings is 2. The van der Waals surface area contributed by atoms with Crippen LogP contribution in [0.25, 0.3) is 11.4 Å². The molecule has 2 N–H and O–H groups in total. The summed E-state index contributed by atoms with van der Waals surface area (Å²) in [6, 6.07) is 7.56. The van der Waals surface area contributed by atoms with E-state index in [1.807, 2.05) is 0 Å². The number of amides is 2. The van der Waals surface area contributed by atoms with E-state index in [1.165, 1.54) is 24.3 Å². The van der Waals surface area contributed by atoms with Gasteiger partial charge in [0.1, 0.15) is 0 Å². The highest BCUT2D eigenvalue weighted by molar-refractivity contribution is 6.33. The van der Waals surface area contributed by atoms with Crippen molar-refractivity contribution in [3.05, 3.63) is 88.9 Å². The third-order valence-corrected chi connectivity index (χ3v) is 5.00. The standard InChI is InChI=1S/C18H8Cl2N4O6/c19-7-1-3-9(11(5-7)23(27)28)15-13-14(18(26)21-15)16(22-17(13)25)10-4-2-8(20)6-12(10)24(29)30/h1-6H,(H,21,26)(H,22,25). The average molecular weight is 447 g/mol. The Labute approximate surface area is 177 Å². The van der Waals surface area contributed by atoms with Gasteiger partial charge < -0.3 is 10.6 Å². The number of carbonyl (C=O) groups excluding carboxylic acids is 2. The minimum Gasteiger partial charge on any atom is -0.320 e. The van der Waals surface area contributed by atoms with Crippen molar-refractivity contribution < 1.29 is 19.4 Å². The summed E-state index contributed by atoms with van der Waals surface area (Å²) in [4.78, 5) is 46.8. The van der Waals surface area contributed by atoms with Gasteiger partial charge in [0.25, 0.3) is 23.2 Å². The summed E-state index contributed by atoms with van der Waals surface area (Å²) < 4.78 is 0. The summed E-state index contributed by atoms with van der Waals surface area (Å²) in [5, 5.41) is 28.0. The molecule has 0 bridgehead atoms. The van der Waals surface area contributed by atoms with Crippen molar-refractivity contribution in [2.45, 2.75) is 0 Å². The molecule has 10 nitrogen and oxygen atoms in total. The lowest BCUT2D eigenvalue weighted by molar-refractivity contribution is -0.385. The number of halogens is 2. The highest BCUT2D eigenvalue weighted by atomic mass is 35.5. The Hall–Kier alpha value is -3.76. The zero-order valence-electron chi connectivity index (χ0n) is 14.6. The van der Waals surface area contributed by atoms with E-state index in [9.17, 15) is 29.8 Å². The Morgan fingerprint density at radius 3 is 1.40 bits per heavy atom. The number of hydrogen-bond donors (Lipinski definition) is 2. The highest BCUT2D eigenvalue weighted by Crippen LogP contribution is 2.42. The molecule has 0 aliphatic carbocycles. The zero-order valence-corrected chi connectivity index (χ0v) is 16.1. The number of nitrogens with zero attached hydrogens (tertiary/aromatic N) is 2. The second-order valence-corrected chi connectivity index (χ2v) is 7.12. The van der Waals surface area contributed by atoms with Crippen LogP contribution in [0.3, 0.4) is 0 Å². The third kappa shape index (κ3) is 2.98. The average Bonchev–Trinajstić information content (AvgIpc) is 3.20. The Bertz CT molecular complexity index is 1170. The summed E-state index contributed by atoms with van der Waals surface area (Å²) in [5.74, 6) is -1.47. The summed E-state index contributed by atoms with van der Waals surface area (Å²) in [6.45, 7) is 0. The van der Waals surface area contributed by atoms with Crippen molar-refractivity contribution in [3.8, 4) is 0 Å². The van der Waals surface area contributed by atoms with Gasteiger partial charge in [-0.2, -0.15) is 0 Å². The summed E-state index contributed by atoms with van der Waals surface area (Å²) >= 11 is 11.7. The lowest BCUT2D eigenvalue weighted by Crippen LogP contribution is -2.22. The van der Waals surface area contributed by atoms with E-state index >= 15 is 0 Å². The summed E-state index contributed by atoms with van der Waals surface area (Å²) in [7, 11) is 0. The Morgan fingerprint density at radius 2 is 1.07 bits per heavy atom. The normalized spacial score (nSPS) is 15.3. The molecule has 0 unspecified atom stereocenters. The van der Waals surface area contributed by atoms with Crippen LogP contribution >= 0.6 is 23.2 Å². The predicted octanol–water partition coefficient (Wildman–Crippen LogP) is 3.19. The van der Waals surface area contributed by atoms with Crippen LogP contribution in [0.5, 0.6) is 0 Å². The van der Waals surface area contributed by atoms with Crippen molar-refractivity contribution >= 4 is 57.8 Å². The summed E-state index contributed by atoms with van der Waals surface area (Å²) in [5.41, 5.74) is -1.33. The number of fused-ring (bicyclic) bond motifs is 1. The molecule has 0 aromatic heterocycles. The molecule has 2 heterocycles. The van der Waals surface area contributed by atoms with Gasteiger partial charge in [0, 0.05) is 22.2 Å². The van der Waals surface area contributed by atoms with Crippen molar-refractivity contribution in [2.24, 2.45) is 0 Å². The molecule has 0 atom stereocenters. The molecule has 0 fully saturated rings. The van der Waals surface area contributed by atoms with E-state index in [1.54, 1.807) is 0 Å². The molecule has 2 aliphatic rings. The fourth-order valence-electron chi connectivity index (χ4n) is 3.32. The molecule has 0 saturated carbocycles. The van der Waals surface area contributed by atoms with Gasteiger partial charge in [0.15, 0.2) is 0 Å². The maximum absolute atomic E-state index is 12.7. The predicted molar refractivity (Wildman–Crippen MR) is 106 cm³/mol. The number of nitro groups is 2. The molecule has 2 amide bonds. The molecule has 2 aromatic rings. The first kappa shape index (κ1) is 19.6. The first-order chi connectivity index (χ1) is 14.2. The van der Waals surface area contributed by atoms with Crippen LogP contribution in [0.1, 0.15) is 11.1 Å². The topological polar surface area (TPSA) is 144 Å². The van der Waals surface area contributed by atoms with Gasteiger partial charge in [0.2, 0.25) is 0 Å². The fraction of sp³-hybridized carbons (Fsp3) is 0. The minimum absolute atomic E-state index is 0.0234. The first-order valence-corrected chi connectivity index (χ1v) is 8.95. The molecule has 0 spiro atoms.